The van der Waals surface area contributed by atoms with Gasteiger partial charge in [-0.05, 0) is 48.9 Å². The molecule has 0 amide bonds. The van der Waals surface area contributed by atoms with Gasteiger partial charge in [0.2, 0.25) is 0 Å². The first-order valence-electron chi connectivity index (χ1n) is 9.78. The van der Waals surface area contributed by atoms with Crippen LogP contribution in [0.5, 0.6) is 0 Å². The van der Waals surface area contributed by atoms with Gasteiger partial charge in [0.05, 0.1) is 11.1 Å². The molecule has 0 unspecified atom stereocenters. The number of fused-ring (bicyclic) bond motifs is 3. The second-order valence-electron chi connectivity index (χ2n) is 7.46. The van der Waals surface area contributed by atoms with E-state index in [2.05, 4.69) is 24.1 Å². The quantitative estimate of drug-likeness (QED) is 0.307. The zero-order valence-corrected chi connectivity index (χ0v) is 18.9. The van der Waals surface area contributed by atoms with Gasteiger partial charge in [-0.25, -0.2) is 4.98 Å². The summed E-state index contributed by atoms with van der Waals surface area (Å²) < 4.78 is 1.75. The smallest absolute Gasteiger partial charge is 0.267 e. The van der Waals surface area contributed by atoms with Crippen molar-refractivity contribution in [1.29, 1.82) is 0 Å². The molecule has 0 atom stereocenters. The average molecular weight is 454 g/mol. The number of thiophene rings is 1. The molecule has 0 aliphatic carbocycles. The van der Waals surface area contributed by atoms with Gasteiger partial charge in [-0.2, -0.15) is 0 Å². The number of halogens is 1. The van der Waals surface area contributed by atoms with Crippen LogP contribution in [0.4, 0.5) is 0 Å². The number of nitrogens with zero attached hydrogens (tertiary/aromatic N) is 3. The molecule has 4 aromatic rings. The van der Waals surface area contributed by atoms with Crippen LogP contribution >= 0.6 is 34.7 Å². The lowest BCUT2D eigenvalue weighted by Crippen LogP contribution is -2.27. The van der Waals surface area contributed by atoms with Gasteiger partial charge in [0.15, 0.2) is 5.16 Å². The van der Waals surface area contributed by atoms with Crippen LogP contribution in [0.25, 0.3) is 15.9 Å². The van der Waals surface area contributed by atoms with Crippen LogP contribution < -0.4 is 5.56 Å². The third-order valence-electron chi connectivity index (χ3n) is 5.33. The molecular weight excluding hydrogens is 434 g/mol. The van der Waals surface area contributed by atoms with Crippen LogP contribution in [-0.2, 0) is 18.7 Å². The Labute approximate surface area is 188 Å². The Hall–Kier alpha value is -2.12. The monoisotopic (exact) mass is 453 g/mol. The third kappa shape index (κ3) is 3.69. The summed E-state index contributed by atoms with van der Waals surface area (Å²) in [6.07, 6.45) is 0.889. The maximum atomic E-state index is 13.7. The SMILES string of the molecule is CN1CCc2c(sc3nc(SCc4ccccc4)n(-c4ccc(Cl)cc4)c(=O)c23)C1. The van der Waals surface area contributed by atoms with Crippen molar-refractivity contribution in [2.45, 2.75) is 23.9 Å². The molecule has 1 aliphatic heterocycles. The zero-order valence-electron chi connectivity index (χ0n) is 16.5. The van der Waals surface area contributed by atoms with Crippen LogP contribution in [0.1, 0.15) is 16.0 Å². The van der Waals surface area contributed by atoms with Gasteiger partial charge in [0.1, 0.15) is 4.83 Å². The highest BCUT2D eigenvalue weighted by Gasteiger charge is 2.24. The first-order valence-corrected chi connectivity index (χ1v) is 12.0. The van der Waals surface area contributed by atoms with Gasteiger partial charge in [0, 0.05) is 28.7 Å². The Morgan fingerprint density at radius 2 is 1.90 bits per heavy atom. The Balaban J connectivity index is 1.67. The van der Waals surface area contributed by atoms with E-state index in [4.69, 9.17) is 16.6 Å². The molecule has 4 nitrogen and oxygen atoms in total. The molecule has 1 aliphatic rings. The largest absolute Gasteiger partial charge is 0.301 e. The Morgan fingerprint density at radius 3 is 2.67 bits per heavy atom. The second-order valence-corrected chi connectivity index (χ2v) is 9.92. The Kier molecular flexibility index (Phi) is 5.41. The molecule has 3 heterocycles. The van der Waals surface area contributed by atoms with Gasteiger partial charge in [-0.3, -0.25) is 9.36 Å². The lowest BCUT2D eigenvalue weighted by molar-refractivity contribution is 0.318. The van der Waals surface area contributed by atoms with Gasteiger partial charge in [-0.1, -0.05) is 53.7 Å². The highest BCUT2D eigenvalue weighted by Crippen LogP contribution is 2.34. The minimum Gasteiger partial charge on any atom is -0.301 e. The molecule has 0 fully saturated rings. The lowest BCUT2D eigenvalue weighted by Gasteiger charge is -2.21. The topological polar surface area (TPSA) is 38.1 Å². The zero-order chi connectivity index (χ0) is 20.7. The van der Waals surface area contributed by atoms with Crippen molar-refractivity contribution in [1.82, 2.24) is 14.5 Å². The van der Waals surface area contributed by atoms with Gasteiger partial charge >= 0.3 is 0 Å². The van der Waals surface area contributed by atoms with Crippen LogP contribution in [-0.4, -0.2) is 28.0 Å². The summed E-state index contributed by atoms with van der Waals surface area (Å²) in [5, 5.41) is 2.14. The molecule has 7 heteroatoms. The van der Waals surface area contributed by atoms with Crippen molar-refractivity contribution in [2.24, 2.45) is 0 Å². The molecule has 0 radical (unpaired) electrons. The number of hydrogen-bond donors (Lipinski definition) is 0. The lowest BCUT2D eigenvalue weighted by atomic mass is 10.1. The van der Waals surface area contributed by atoms with Crippen molar-refractivity contribution >= 4 is 44.9 Å². The number of rotatable bonds is 4. The molecule has 0 saturated carbocycles. The predicted molar refractivity (Wildman–Crippen MR) is 126 cm³/mol. The minimum absolute atomic E-state index is 0.0138. The van der Waals surface area contributed by atoms with E-state index in [9.17, 15) is 4.79 Å². The van der Waals surface area contributed by atoms with E-state index in [0.29, 0.717) is 10.2 Å². The van der Waals surface area contributed by atoms with E-state index < -0.39 is 0 Å². The summed E-state index contributed by atoms with van der Waals surface area (Å²) in [5.74, 6) is 0.750. The molecule has 0 spiro atoms. The summed E-state index contributed by atoms with van der Waals surface area (Å²) in [7, 11) is 2.12. The van der Waals surface area contributed by atoms with Crippen LogP contribution in [0.2, 0.25) is 5.02 Å². The third-order valence-corrected chi connectivity index (χ3v) is 7.70. The number of benzene rings is 2. The summed E-state index contributed by atoms with van der Waals surface area (Å²) >= 11 is 9.34. The molecular formula is C23H20ClN3OS2. The number of aromatic nitrogens is 2. The Bertz CT molecular complexity index is 1270. The van der Waals surface area contributed by atoms with E-state index in [1.54, 1.807) is 27.7 Å². The average Bonchev–Trinajstić information content (AvgIpc) is 3.11. The maximum absolute atomic E-state index is 13.7. The minimum atomic E-state index is 0.0138. The van der Waals surface area contributed by atoms with Gasteiger partial charge < -0.3 is 4.90 Å². The fourth-order valence-electron chi connectivity index (χ4n) is 3.79. The van der Waals surface area contributed by atoms with E-state index in [0.717, 1.165) is 41.2 Å². The maximum Gasteiger partial charge on any atom is 0.267 e. The summed E-state index contributed by atoms with van der Waals surface area (Å²) in [5.41, 5.74) is 3.18. The van der Waals surface area contributed by atoms with Crippen LogP contribution in [0, 0.1) is 0 Å². The summed E-state index contributed by atoms with van der Waals surface area (Å²) in [6, 6.07) is 17.7. The fourth-order valence-corrected chi connectivity index (χ4v) is 6.22. The molecule has 152 valence electrons. The summed E-state index contributed by atoms with van der Waals surface area (Å²) in [6.45, 7) is 1.84. The van der Waals surface area contributed by atoms with E-state index >= 15 is 0 Å². The van der Waals surface area contributed by atoms with Crippen molar-refractivity contribution < 1.29 is 0 Å². The molecule has 0 saturated heterocycles. The highest BCUT2D eigenvalue weighted by atomic mass is 35.5. The molecule has 0 N–H and O–H groups in total. The van der Waals surface area contributed by atoms with Crippen molar-refractivity contribution in [3.8, 4) is 5.69 Å². The van der Waals surface area contributed by atoms with Crippen molar-refractivity contribution in [2.75, 3.05) is 13.6 Å². The van der Waals surface area contributed by atoms with Gasteiger partial charge in [0.25, 0.3) is 5.56 Å². The molecule has 5 rings (SSSR count). The second kappa shape index (κ2) is 8.19. The van der Waals surface area contributed by atoms with E-state index in [-0.39, 0.29) is 5.56 Å². The van der Waals surface area contributed by atoms with Crippen LogP contribution in [0.15, 0.2) is 64.5 Å². The normalized spacial score (nSPS) is 14.2. The molecule has 2 aromatic heterocycles. The fraction of sp³-hybridized carbons (Fsp3) is 0.217. The molecule has 0 bridgehead atoms. The number of hydrogen-bond acceptors (Lipinski definition) is 5. The summed E-state index contributed by atoms with van der Waals surface area (Å²) in [4.78, 5) is 23.1. The number of thioether (sulfide) groups is 1. The highest BCUT2D eigenvalue weighted by molar-refractivity contribution is 7.98. The van der Waals surface area contributed by atoms with E-state index in [1.807, 2.05) is 42.5 Å². The van der Waals surface area contributed by atoms with Crippen molar-refractivity contribution in [3.05, 3.63) is 86.0 Å². The van der Waals surface area contributed by atoms with E-state index in [1.165, 1.54) is 16.0 Å². The molecule has 2 aromatic carbocycles. The standard InChI is InChI=1S/C23H20ClN3OS2/c1-26-12-11-18-19(13-26)30-21-20(18)22(28)27(17-9-7-16(24)8-10-17)23(25-21)29-14-15-5-3-2-4-6-15/h2-10H,11-14H2,1H3. The Morgan fingerprint density at radius 1 is 1.13 bits per heavy atom. The predicted octanol–water partition coefficient (Wildman–Crippen LogP) is 5.38. The number of likely N-dealkylation sites (N-methyl/N-ethyl adjacent to an activating group) is 1. The first kappa shape index (κ1) is 19.8. The molecule has 30 heavy (non-hydrogen) atoms. The van der Waals surface area contributed by atoms with Crippen molar-refractivity contribution in [3.63, 3.8) is 0 Å². The van der Waals surface area contributed by atoms with Crippen LogP contribution in [0.3, 0.4) is 0 Å². The first-order chi connectivity index (χ1) is 14.6. The van der Waals surface area contributed by atoms with Gasteiger partial charge in [-0.15, -0.1) is 11.3 Å².